The molecule has 0 spiro atoms. The number of morpholine rings is 1. The summed E-state index contributed by atoms with van der Waals surface area (Å²) in [4.78, 5) is 29.2. The number of aliphatic hydroxyl groups is 1. The number of carbonyl (C=O) groups excluding carboxylic acids is 2. The fraction of sp³-hybridized carbons (Fsp3) is 0.579. The first kappa shape index (κ1) is 16.5. The van der Waals surface area contributed by atoms with Crippen molar-refractivity contribution in [3.05, 3.63) is 30.3 Å². The molecule has 0 aromatic heterocycles. The molecule has 25 heavy (non-hydrogen) atoms. The number of benzene rings is 1. The molecule has 2 amide bonds. The Morgan fingerprint density at radius 1 is 1.20 bits per heavy atom. The number of hydrogen-bond acceptors (Lipinski definition) is 4. The summed E-state index contributed by atoms with van der Waals surface area (Å²) in [6, 6.07) is 9.26. The second kappa shape index (κ2) is 6.11. The summed E-state index contributed by atoms with van der Waals surface area (Å²) in [6.45, 7) is 4.29. The van der Waals surface area contributed by atoms with Crippen LogP contribution in [0.2, 0.25) is 0 Å². The van der Waals surface area contributed by atoms with E-state index in [9.17, 15) is 14.7 Å². The predicted molar refractivity (Wildman–Crippen MR) is 91.7 cm³/mol. The monoisotopic (exact) mass is 344 g/mol. The second-order valence-corrected chi connectivity index (χ2v) is 7.60. The van der Waals surface area contributed by atoms with Crippen molar-refractivity contribution in [3.63, 3.8) is 0 Å². The molecule has 4 rings (SSSR count). The molecule has 1 aromatic rings. The highest BCUT2D eigenvalue weighted by Crippen LogP contribution is 2.53. The average Bonchev–Trinajstić information content (AvgIpc) is 3.11. The van der Waals surface area contributed by atoms with Crippen LogP contribution in [-0.2, 0) is 14.3 Å². The number of rotatable bonds is 2. The summed E-state index contributed by atoms with van der Waals surface area (Å²) < 4.78 is 5.32. The number of amides is 2. The van der Waals surface area contributed by atoms with Gasteiger partial charge in [-0.2, -0.15) is 0 Å². The predicted octanol–water partition coefficient (Wildman–Crippen LogP) is 1.24. The van der Waals surface area contributed by atoms with Gasteiger partial charge in [-0.15, -0.1) is 0 Å². The van der Waals surface area contributed by atoms with Gasteiger partial charge in [0.25, 0.3) is 0 Å². The van der Waals surface area contributed by atoms with Gasteiger partial charge in [0.2, 0.25) is 11.8 Å². The lowest BCUT2D eigenvalue weighted by atomic mass is 9.84. The van der Waals surface area contributed by atoms with Gasteiger partial charge in [0.05, 0.1) is 13.2 Å². The highest BCUT2D eigenvalue weighted by Gasteiger charge is 2.59. The minimum atomic E-state index is -0.862. The van der Waals surface area contributed by atoms with E-state index in [4.69, 9.17) is 4.74 Å². The van der Waals surface area contributed by atoms with E-state index in [0.29, 0.717) is 39.1 Å². The van der Waals surface area contributed by atoms with Crippen LogP contribution in [0.4, 0.5) is 5.69 Å². The first-order valence-corrected chi connectivity index (χ1v) is 8.94. The van der Waals surface area contributed by atoms with Crippen molar-refractivity contribution < 1.29 is 19.4 Å². The van der Waals surface area contributed by atoms with Gasteiger partial charge >= 0.3 is 0 Å². The number of hydrogen-bond donors (Lipinski definition) is 1. The van der Waals surface area contributed by atoms with Crippen LogP contribution >= 0.6 is 0 Å². The number of para-hydroxylation sites is 1. The van der Waals surface area contributed by atoms with Crippen LogP contribution in [0.15, 0.2) is 30.3 Å². The zero-order chi connectivity index (χ0) is 17.6. The molecule has 2 heterocycles. The number of nitrogens with zero attached hydrogens (tertiary/aromatic N) is 2. The lowest BCUT2D eigenvalue weighted by Gasteiger charge is -2.35. The molecule has 3 aliphatic rings. The third-order valence-electron chi connectivity index (χ3n) is 5.92. The largest absolute Gasteiger partial charge is 0.378 e. The third-order valence-corrected chi connectivity index (χ3v) is 5.92. The van der Waals surface area contributed by atoms with Crippen LogP contribution in [0.3, 0.4) is 0 Å². The quantitative estimate of drug-likeness (QED) is 0.876. The Labute approximate surface area is 147 Å². The summed E-state index contributed by atoms with van der Waals surface area (Å²) in [5.41, 5.74) is 0.141. The molecule has 0 bridgehead atoms. The summed E-state index contributed by atoms with van der Waals surface area (Å²) in [6.07, 6.45) is 0.191. The maximum absolute atomic E-state index is 13.0. The van der Waals surface area contributed by atoms with Gasteiger partial charge in [0.1, 0.15) is 6.23 Å². The standard InChI is InChI=1S/C19H24N2O4/c1-19(18(24)20-7-9-25-10-8-20)11-14-15(12-19)17(23)21(16(14)22)13-5-3-2-4-6-13/h2-6,14-16,22H,7-12H2,1H3/t14-,15+,16-,19+/m0/s1. The van der Waals surface area contributed by atoms with Crippen LogP contribution in [0, 0.1) is 17.3 Å². The van der Waals surface area contributed by atoms with E-state index in [0.717, 1.165) is 5.69 Å². The van der Waals surface area contributed by atoms with Gasteiger partial charge < -0.3 is 14.7 Å². The molecule has 1 aromatic carbocycles. The van der Waals surface area contributed by atoms with E-state index in [1.807, 2.05) is 42.2 Å². The fourth-order valence-corrected chi connectivity index (χ4v) is 4.66. The van der Waals surface area contributed by atoms with Gasteiger partial charge in [0.15, 0.2) is 0 Å². The van der Waals surface area contributed by atoms with Crippen molar-refractivity contribution in [3.8, 4) is 0 Å². The molecular weight excluding hydrogens is 320 g/mol. The molecule has 4 atom stereocenters. The Morgan fingerprint density at radius 2 is 1.88 bits per heavy atom. The van der Waals surface area contributed by atoms with Crippen molar-refractivity contribution in [2.75, 3.05) is 31.2 Å². The zero-order valence-electron chi connectivity index (χ0n) is 14.4. The Hall–Kier alpha value is -1.92. The highest BCUT2D eigenvalue weighted by molar-refractivity contribution is 5.99. The molecule has 0 unspecified atom stereocenters. The lowest BCUT2D eigenvalue weighted by Crippen LogP contribution is -2.48. The lowest BCUT2D eigenvalue weighted by molar-refractivity contribution is -0.145. The third kappa shape index (κ3) is 2.64. The Morgan fingerprint density at radius 3 is 2.52 bits per heavy atom. The molecule has 6 nitrogen and oxygen atoms in total. The molecule has 2 aliphatic heterocycles. The maximum Gasteiger partial charge on any atom is 0.232 e. The van der Waals surface area contributed by atoms with Crippen molar-refractivity contribution in [1.82, 2.24) is 4.90 Å². The first-order valence-electron chi connectivity index (χ1n) is 8.94. The van der Waals surface area contributed by atoms with Crippen molar-refractivity contribution in [2.24, 2.45) is 17.3 Å². The van der Waals surface area contributed by atoms with E-state index in [1.54, 1.807) is 0 Å². The Kier molecular flexibility index (Phi) is 4.04. The Bertz CT molecular complexity index is 673. The van der Waals surface area contributed by atoms with Crippen LogP contribution in [0.25, 0.3) is 0 Å². The smallest absolute Gasteiger partial charge is 0.232 e. The van der Waals surface area contributed by atoms with E-state index < -0.39 is 11.6 Å². The number of aliphatic hydroxyl groups excluding tert-OH is 1. The topological polar surface area (TPSA) is 70.1 Å². The normalized spacial score (nSPS) is 35.1. The Balaban J connectivity index is 1.53. The summed E-state index contributed by atoms with van der Waals surface area (Å²) in [5.74, 6) is -0.452. The van der Waals surface area contributed by atoms with Gasteiger partial charge in [-0.1, -0.05) is 25.1 Å². The van der Waals surface area contributed by atoms with Gasteiger partial charge in [0, 0.05) is 36.0 Å². The first-order chi connectivity index (χ1) is 12.0. The van der Waals surface area contributed by atoms with Crippen molar-refractivity contribution in [2.45, 2.75) is 26.0 Å². The minimum Gasteiger partial charge on any atom is -0.378 e. The SMILES string of the molecule is C[C@@]1(C(=O)N2CCOCC2)C[C@H]2[C@@H](C1)C(=O)N(c1ccccc1)[C@H]2O. The average molecular weight is 344 g/mol. The molecule has 6 heteroatoms. The number of carbonyl (C=O) groups is 2. The van der Waals surface area contributed by atoms with Gasteiger partial charge in [-0.25, -0.2) is 0 Å². The molecule has 1 N–H and O–H groups in total. The summed E-state index contributed by atoms with van der Waals surface area (Å²) in [5, 5.41) is 10.8. The van der Waals surface area contributed by atoms with E-state index >= 15 is 0 Å². The van der Waals surface area contributed by atoms with Crippen molar-refractivity contribution >= 4 is 17.5 Å². The summed E-state index contributed by atoms with van der Waals surface area (Å²) >= 11 is 0. The second-order valence-electron chi connectivity index (χ2n) is 7.60. The van der Waals surface area contributed by atoms with Crippen LogP contribution in [0.5, 0.6) is 0 Å². The molecule has 0 radical (unpaired) electrons. The molecule has 3 fully saturated rings. The number of ether oxygens (including phenoxy) is 1. The van der Waals surface area contributed by atoms with Crippen molar-refractivity contribution in [1.29, 1.82) is 0 Å². The van der Waals surface area contributed by atoms with E-state index in [1.165, 1.54) is 4.90 Å². The van der Waals surface area contributed by atoms with E-state index in [2.05, 4.69) is 0 Å². The fourth-order valence-electron chi connectivity index (χ4n) is 4.66. The molecule has 1 aliphatic carbocycles. The zero-order valence-corrected chi connectivity index (χ0v) is 14.4. The van der Waals surface area contributed by atoms with Gasteiger partial charge in [-0.3, -0.25) is 14.5 Å². The molecular formula is C19H24N2O4. The summed E-state index contributed by atoms with van der Waals surface area (Å²) in [7, 11) is 0. The van der Waals surface area contributed by atoms with Gasteiger partial charge in [-0.05, 0) is 25.0 Å². The van der Waals surface area contributed by atoms with Crippen LogP contribution in [0.1, 0.15) is 19.8 Å². The molecule has 134 valence electrons. The molecule has 2 saturated heterocycles. The molecule has 1 saturated carbocycles. The maximum atomic E-state index is 13.0. The number of anilines is 1. The number of fused-ring (bicyclic) bond motifs is 1. The highest BCUT2D eigenvalue weighted by atomic mass is 16.5. The van der Waals surface area contributed by atoms with Crippen LogP contribution < -0.4 is 4.90 Å². The van der Waals surface area contributed by atoms with E-state index in [-0.39, 0.29) is 23.7 Å². The van der Waals surface area contributed by atoms with Crippen LogP contribution in [-0.4, -0.2) is 54.4 Å². The minimum absolute atomic E-state index is 0.0674.